The van der Waals surface area contributed by atoms with Gasteiger partial charge in [0.1, 0.15) is 12.1 Å². The van der Waals surface area contributed by atoms with Crippen LogP contribution in [0.5, 0.6) is 0 Å². The van der Waals surface area contributed by atoms with E-state index in [1.807, 2.05) is 12.1 Å². The van der Waals surface area contributed by atoms with E-state index in [2.05, 4.69) is 33.4 Å². The number of carbonyl (C=O) groups is 2. The first-order chi connectivity index (χ1) is 11.6. The summed E-state index contributed by atoms with van der Waals surface area (Å²) in [6.45, 7) is 4.40. The van der Waals surface area contributed by atoms with Gasteiger partial charge in [-0.2, -0.15) is 0 Å². The summed E-state index contributed by atoms with van der Waals surface area (Å²) in [5, 5.41) is 3.89. The fourth-order valence-electron chi connectivity index (χ4n) is 3.63. The highest BCUT2D eigenvalue weighted by Gasteiger charge is 2.41. The number of benzene rings is 1. The van der Waals surface area contributed by atoms with Crippen LogP contribution in [0.1, 0.15) is 12.5 Å². The molecule has 1 N–H and O–H groups in total. The molecular weight excluding hydrogens is 304 g/mol. The molecule has 0 radical (unpaired) electrons. The van der Waals surface area contributed by atoms with Gasteiger partial charge in [-0.15, -0.1) is 0 Å². The number of para-hydroxylation sites is 1. The van der Waals surface area contributed by atoms with Crippen molar-refractivity contribution in [2.45, 2.75) is 25.6 Å². The number of nitrogens with zero attached hydrogens (tertiary/aromatic N) is 3. The van der Waals surface area contributed by atoms with Gasteiger partial charge in [-0.05, 0) is 18.6 Å². The minimum atomic E-state index is -0.414. The average molecular weight is 324 g/mol. The first kappa shape index (κ1) is 15.1. The molecule has 6 heteroatoms. The second kappa shape index (κ2) is 5.87. The molecule has 2 aromatic rings. The smallest absolute Gasteiger partial charge is 0.245 e. The maximum Gasteiger partial charge on any atom is 0.245 e. The van der Waals surface area contributed by atoms with Crippen molar-refractivity contribution in [1.29, 1.82) is 0 Å². The van der Waals surface area contributed by atoms with Crippen LogP contribution >= 0.6 is 0 Å². The number of piperazine rings is 2. The number of nitrogens with one attached hydrogen (secondary N) is 1. The fraction of sp³-hybridized carbons (Fsp3) is 0.389. The summed E-state index contributed by atoms with van der Waals surface area (Å²) in [4.78, 5) is 32.9. The van der Waals surface area contributed by atoms with Gasteiger partial charge in [0.25, 0.3) is 0 Å². The fourth-order valence-corrected chi connectivity index (χ4v) is 3.63. The Morgan fingerprint density at radius 1 is 1.21 bits per heavy atom. The molecule has 4 rings (SSSR count). The second-order valence-corrected chi connectivity index (χ2v) is 6.51. The van der Waals surface area contributed by atoms with Gasteiger partial charge >= 0.3 is 0 Å². The van der Waals surface area contributed by atoms with Crippen LogP contribution < -0.4 is 5.32 Å². The molecule has 0 spiro atoms. The summed E-state index contributed by atoms with van der Waals surface area (Å²) in [5.74, 6) is -0.0334. The molecule has 1 aromatic carbocycles. The average Bonchev–Trinajstić information content (AvgIpc) is 2.60. The molecule has 0 saturated carbocycles. The highest BCUT2D eigenvalue weighted by Crippen LogP contribution is 2.21. The Morgan fingerprint density at radius 3 is 2.92 bits per heavy atom. The number of aromatic nitrogens is 1. The number of hydrogen-bond acceptors (Lipinski definition) is 4. The van der Waals surface area contributed by atoms with Gasteiger partial charge in [0.2, 0.25) is 11.8 Å². The summed E-state index contributed by atoms with van der Waals surface area (Å²) in [7, 11) is 0. The normalized spacial score (nSPS) is 24.8. The van der Waals surface area contributed by atoms with E-state index in [0.717, 1.165) is 29.6 Å². The standard InChI is InChI=1S/C18H20N4O2/c1-12-18(24)22-9-8-21(11-15(22)17(23)20-12)10-14-5-2-4-13-6-3-7-19-16(13)14/h2-7,12,15H,8-11H2,1H3,(H,20,23)/t12-,15+/m0/s1. The maximum atomic E-state index is 12.3. The second-order valence-electron chi connectivity index (χ2n) is 6.51. The summed E-state index contributed by atoms with van der Waals surface area (Å²) in [6, 6.07) is 9.36. The molecule has 124 valence electrons. The third kappa shape index (κ3) is 2.53. The zero-order chi connectivity index (χ0) is 16.7. The lowest BCUT2D eigenvalue weighted by Gasteiger charge is -2.44. The highest BCUT2D eigenvalue weighted by molar-refractivity contribution is 5.97. The van der Waals surface area contributed by atoms with E-state index >= 15 is 0 Å². The number of rotatable bonds is 2. The molecule has 0 aliphatic carbocycles. The predicted octanol–water partition coefficient (Wildman–Crippen LogP) is 0.766. The Kier molecular flexibility index (Phi) is 3.69. The third-order valence-electron chi connectivity index (χ3n) is 4.89. The molecule has 3 heterocycles. The van der Waals surface area contributed by atoms with Gasteiger partial charge < -0.3 is 10.2 Å². The van der Waals surface area contributed by atoms with Crippen molar-refractivity contribution in [2.24, 2.45) is 0 Å². The van der Waals surface area contributed by atoms with Crippen LogP contribution in [-0.2, 0) is 16.1 Å². The molecule has 0 unspecified atom stereocenters. The first-order valence-electron chi connectivity index (χ1n) is 8.29. The Balaban J connectivity index is 1.54. The lowest BCUT2D eigenvalue weighted by Crippen LogP contribution is -2.68. The summed E-state index contributed by atoms with van der Waals surface area (Å²) < 4.78 is 0. The molecule has 2 aliphatic heterocycles. The molecule has 2 amide bonds. The Morgan fingerprint density at radius 2 is 2.04 bits per heavy atom. The predicted molar refractivity (Wildman–Crippen MR) is 90.1 cm³/mol. The van der Waals surface area contributed by atoms with Gasteiger partial charge in [0.05, 0.1) is 5.52 Å². The quantitative estimate of drug-likeness (QED) is 0.886. The van der Waals surface area contributed by atoms with Crippen LogP contribution in [0, 0.1) is 0 Å². The number of amides is 2. The van der Waals surface area contributed by atoms with Crippen LogP contribution in [0.25, 0.3) is 10.9 Å². The van der Waals surface area contributed by atoms with Crippen molar-refractivity contribution >= 4 is 22.7 Å². The van der Waals surface area contributed by atoms with Crippen molar-refractivity contribution in [3.05, 3.63) is 42.1 Å². The molecule has 0 bridgehead atoms. The lowest BCUT2D eigenvalue weighted by atomic mass is 10.0. The molecule has 2 aliphatic rings. The van der Waals surface area contributed by atoms with E-state index < -0.39 is 6.04 Å². The van der Waals surface area contributed by atoms with E-state index in [9.17, 15) is 9.59 Å². The zero-order valence-corrected chi connectivity index (χ0v) is 13.6. The van der Waals surface area contributed by atoms with Crippen molar-refractivity contribution in [3.8, 4) is 0 Å². The molecular formula is C18H20N4O2. The summed E-state index contributed by atoms with van der Waals surface area (Å²) in [6.07, 6.45) is 1.80. The van der Waals surface area contributed by atoms with Gasteiger partial charge in [-0.1, -0.05) is 24.3 Å². The third-order valence-corrected chi connectivity index (χ3v) is 4.89. The lowest BCUT2D eigenvalue weighted by molar-refractivity contribution is -0.152. The topological polar surface area (TPSA) is 65.5 Å². The van der Waals surface area contributed by atoms with E-state index in [1.165, 1.54) is 0 Å². The first-order valence-corrected chi connectivity index (χ1v) is 8.29. The minimum absolute atomic E-state index is 0.0195. The highest BCUT2D eigenvalue weighted by atomic mass is 16.2. The number of carbonyl (C=O) groups excluding carboxylic acids is 2. The molecule has 2 fully saturated rings. The number of hydrogen-bond donors (Lipinski definition) is 1. The van der Waals surface area contributed by atoms with Crippen molar-refractivity contribution in [1.82, 2.24) is 20.1 Å². The van der Waals surface area contributed by atoms with Gasteiger partial charge in [0, 0.05) is 37.8 Å². The molecule has 2 saturated heterocycles. The number of pyridine rings is 1. The Hall–Kier alpha value is -2.47. The van der Waals surface area contributed by atoms with Gasteiger partial charge in [0.15, 0.2) is 0 Å². The minimum Gasteiger partial charge on any atom is -0.343 e. The van der Waals surface area contributed by atoms with Crippen LogP contribution in [0.3, 0.4) is 0 Å². The van der Waals surface area contributed by atoms with Crippen LogP contribution in [0.15, 0.2) is 36.5 Å². The summed E-state index contributed by atoms with van der Waals surface area (Å²) in [5.41, 5.74) is 2.15. The van der Waals surface area contributed by atoms with E-state index in [4.69, 9.17) is 0 Å². The van der Waals surface area contributed by atoms with Crippen LogP contribution in [0.4, 0.5) is 0 Å². The number of fused-ring (bicyclic) bond motifs is 2. The molecule has 6 nitrogen and oxygen atoms in total. The largest absolute Gasteiger partial charge is 0.343 e. The Labute approximate surface area is 140 Å². The van der Waals surface area contributed by atoms with E-state index in [0.29, 0.717) is 13.1 Å². The molecule has 24 heavy (non-hydrogen) atoms. The maximum absolute atomic E-state index is 12.3. The van der Waals surface area contributed by atoms with Gasteiger partial charge in [-0.25, -0.2) is 0 Å². The Bertz CT molecular complexity index is 801. The molecule has 1 aromatic heterocycles. The van der Waals surface area contributed by atoms with E-state index in [-0.39, 0.29) is 17.9 Å². The van der Waals surface area contributed by atoms with Gasteiger partial charge in [-0.3, -0.25) is 19.5 Å². The zero-order valence-electron chi connectivity index (χ0n) is 13.6. The molecule has 2 atom stereocenters. The van der Waals surface area contributed by atoms with Crippen molar-refractivity contribution in [3.63, 3.8) is 0 Å². The summed E-state index contributed by atoms with van der Waals surface area (Å²) >= 11 is 0. The monoisotopic (exact) mass is 324 g/mol. The van der Waals surface area contributed by atoms with E-state index in [1.54, 1.807) is 18.0 Å². The van der Waals surface area contributed by atoms with Crippen molar-refractivity contribution in [2.75, 3.05) is 19.6 Å². The van der Waals surface area contributed by atoms with Crippen LogP contribution in [0.2, 0.25) is 0 Å². The van der Waals surface area contributed by atoms with Crippen LogP contribution in [-0.4, -0.2) is 58.3 Å². The SMILES string of the molecule is C[C@@H]1NC(=O)[C@H]2CN(Cc3cccc4cccnc34)CCN2C1=O. The van der Waals surface area contributed by atoms with Crippen molar-refractivity contribution < 1.29 is 9.59 Å².